The molecular formula is C12H16F3NO. The number of alkyl halides is 3. The fourth-order valence-electron chi connectivity index (χ4n) is 1.84. The van der Waals surface area contributed by atoms with E-state index in [9.17, 15) is 18.3 Å². The van der Waals surface area contributed by atoms with Gasteiger partial charge in [-0.15, -0.1) is 0 Å². The molecule has 0 bridgehead atoms. The van der Waals surface area contributed by atoms with Crippen molar-refractivity contribution in [3.05, 3.63) is 35.4 Å². The predicted molar refractivity (Wildman–Crippen MR) is 59.6 cm³/mol. The molecule has 0 saturated heterocycles. The lowest BCUT2D eigenvalue weighted by atomic mass is 9.88. The zero-order valence-electron chi connectivity index (χ0n) is 9.80. The van der Waals surface area contributed by atoms with Crippen molar-refractivity contribution in [2.45, 2.75) is 25.6 Å². The average molecular weight is 247 g/mol. The van der Waals surface area contributed by atoms with Crippen LogP contribution in [0.15, 0.2) is 24.3 Å². The lowest BCUT2D eigenvalue weighted by Gasteiger charge is -2.31. The first-order valence-corrected chi connectivity index (χ1v) is 5.37. The van der Waals surface area contributed by atoms with Crippen LogP contribution in [0, 0.1) is 0 Å². The van der Waals surface area contributed by atoms with Gasteiger partial charge in [0.1, 0.15) is 0 Å². The molecule has 0 spiro atoms. The minimum Gasteiger partial charge on any atom is -0.394 e. The van der Waals surface area contributed by atoms with Gasteiger partial charge in [0.05, 0.1) is 17.7 Å². The Labute approximate surface area is 98.5 Å². The van der Waals surface area contributed by atoms with Crippen LogP contribution in [0.25, 0.3) is 0 Å². The van der Waals surface area contributed by atoms with Gasteiger partial charge in [0.2, 0.25) is 0 Å². The van der Waals surface area contributed by atoms with E-state index in [1.54, 1.807) is 13.8 Å². The first-order valence-electron chi connectivity index (χ1n) is 5.37. The zero-order chi connectivity index (χ0) is 13.1. The van der Waals surface area contributed by atoms with Crippen LogP contribution in [0.5, 0.6) is 0 Å². The monoisotopic (exact) mass is 247 g/mol. The summed E-state index contributed by atoms with van der Waals surface area (Å²) in [5, 5.41) is 12.2. The third kappa shape index (κ3) is 2.98. The molecule has 1 atom stereocenters. The van der Waals surface area contributed by atoms with Gasteiger partial charge in [0.25, 0.3) is 0 Å². The summed E-state index contributed by atoms with van der Waals surface area (Å²) in [5.74, 6) is 0. The lowest BCUT2D eigenvalue weighted by Crippen LogP contribution is -2.44. The highest BCUT2D eigenvalue weighted by molar-refractivity contribution is 5.35. The highest BCUT2D eigenvalue weighted by Crippen LogP contribution is 2.36. The summed E-state index contributed by atoms with van der Waals surface area (Å²) < 4.78 is 38.5. The van der Waals surface area contributed by atoms with Gasteiger partial charge in [-0.05, 0) is 25.1 Å². The van der Waals surface area contributed by atoms with Crippen LogP contribution in [0.1, 0.15) is 25.0 Å². The van der Waals surface area contributed by atoms with E-state index in [1.165, 1.54) is 18.2 Å². The van der Waals surface area contributed by atoms with Gasteiger partial charge in [-0.2, -0.15) is 13.2 Å². The van der Waals surface area contributed by atoms with Crippen LogP contribution >= 0.6 is 0 Å². The third-order valence-electron chi connectivity index (χ3n) is 2.71. The number of halogens is 3. The first-order chi connectivity index (χ1) is 7.85. The number of rotatable bonds is 4. The Bertz CT molecular complexity index is 378. The minimum absolute atomic E-state index is 0.0665. The van der Waals surface area contributed by atoms with E-state index in [2.05, 4.69) is 5.32 Å². The number of hydrogen-bond acceptors (Lipinski definition) is 2. The van der Waals surface area contributed by atoms with Crippen LogP contribution in [0.4, 0.5) is 13.2 Å². The van der Waals surface area contributed by atoms with E-state index < -0.39 is 23.9 Å². The number of aliphatic hydroxyl groups is 1. The van der Waals surface area contributed by atoms with Crippen molar-refractivity contribution >= 4 is 0 Å². The normalized spacial score (nSPS) is 15.6. The summed E-state index contributed by atoms with van der Waals surface area (Å²) in [5.41, 5.74) is -1.73. The summed E-state index contributed by atoms with van der Waals surface area (Å²) in [6.07, 6.45) is -4.41. The van der Waals surface area contributed by atoms with Crippen LogP contribution < -0.4 is 5.32 Å². The van der Waals surface area contributed by atoms with Crippen LogP contribution in [-0.4, -0.2) is 18.3 Å². The molecule has 0 amide bonds. The zero-order valence-corrected chi connectivity index (χ0v) is 9.80. The molecule has 96 valence electrons. The maximum Gasteiger partial charge on any atom is 0.416 e. The summed E-state index contributed by atoms with van der Waals surface area (Å²) in [4.78, 5) is 0. The van der Waals surface area contributed by atoms with Gasteiger partial charge in [-0.25, -0.2) is 0 Å². The van der Waals surface area contributed by atoms with Crippen LogP contribution in [0.2, 0.25) is 0 Å². The van der Waals surface area contributed by atoms with Gasteiger partial charge in [-0.3, -0.25) is 0 Å². The summed E-state index contributed by atoms with van der Waals surface area (Å²) in [7, 11) is 0. The number of aliphatic hydroxyl groups excluding tert-OH is 1. The van der Waals surface area contributed by atoms with E-state index in [-0.39, 0.29) is 5.56 Å². The molecule has 2 nitrogen and oxygen atoms in total. The second kappa shape index (κ2) is 5.06. The molecule has 0 aromatic heterocycles. The third-order valence-corrected chi connectivity index (χ3v) is 2.71. The maximum absolute atomic E-state index is 12.8. The van der Waals surface area contributed by atoms with Gasteiger partial charge in [0, 0.05) is 0 Å². The Morgan fingerprint density at radius 2 is 1.71 bits per heavy atom. The molecule has 2 N–H and O–H groups in total. The van der Waals surface area contributed by atoms with Crippen LogP contribution in [-0.2, 0) is 11.7 Å². The van der Waals surface area contributed by atoms with Crippen molar-refractivity contribution in [1.29, 1.82) is 0 Å². The Balaban J connectivity index is 3.29. The molecule has 17 heavy (non-hydrogen) atoms. The van der Waals surface area contributed by atoms with Crippen molar-refractivity contribution in [3.8, 4) is 0 Å². The standard InChI is InChI=1S/C12H16F3NO/c1-3-16-11(2,8-17)9-6-4-5-7-10(9)12(13,14)15/h4-7,16-17H,3,8H2,1-2H3. The molecule has 0 aliphatic heterocycles. The molecule has 1 aromatic carbocycles. The van der Waals surface area contributed by atoms with E-state index in [0.717, 1.165) is 6.07 Å². The first kappa shape index (κ1) is 14.0. The largest absolute Gasteiger partial charge is 0.416 e. The maximum atomic E-state index is 12.8. The average Bonchev–Trinajstić information content (AvgIpc) is 2.28. The second-order valence-electron chi connectivity index (χ2n) is 4.06. The Kier molecular flexibility index (Phi) is 4.16. The number of hydrogen-bond donors (Lipinski definition) is 2. The lowest BCUT2D eigenvalue weighted by molar-refractivity contribution is -0.139. The van der Waals surface area contributed by atoms with E-state index in [0.29, 0.717) is 6.54 Å². The van der Waals surface area contributed by atoms with Crippen molar-refractivity contribution in [2.75, 3.05) is 13.2 Å². The van der Waals surface area contributed by atoms with Gasteiger partial charge < -0.3 is 10.4 Å². The highest BCUT2D eigenvalue weighted by Gasteiger charge is 2.38. The predicted octanol–water partition coefficient (Wildman–Crippen LogP) is 2.52. The topological polar surface area (TPSA) is 32.3 Å². The molecule has 0 saturated carbocycles. The fraction of sp³-hybridized carbons (Fsp3) is 0.500. The Hall–Kier alpha value is -1.07. The molecule has 0 radical (unpaired) electrons. The Morgan fingerprint density at radius 1 is 1.18 bits per heavy atom. The molecule has 1 unspecified atom stereocenters. The smallest absolute Gasteiger partial charge is 0.394 e. The Morgan fingerprint density at radius 3 is 2.12 bits per heavy atom. The molecule has 1 rings (SSSR count). The number of likely N-dealkylation sites (N-methyl/N-ethyl adjacent to an activating group) is 1. The van der Waals surface area contributed by atoms with Crippen molar-refractivity contribution in [3.63, 3.8) is 0 Å². The molecule has 0 fully saturated rings. The van der Waals surface area contributed by atoms with Crippen molar-refractivity contribution in [2.24, 2.45) is 0 Å². The summed E-state index contributed by atoms with van der Waals surface area (Å²) in [6.45, 7) is 3.42. The quantitative estimate of drug-likeness (QED) is 0.857. The van der Waals surface area contributed by atoms with Crippen molar-refractivity contribution in [1.82, 2.24) is 5.32 Å². The summed E-state index contributed by atoms with van der Waals surface area (Å²) in [6, 6.07) is 5.30. The number of nitrogens with one attached hydrogen (secondary N) is 1. The van der Waals surface area contributed by atoms with E-state index in [1.807, 2.05) is 0 Å². The van der Waals surface area contributed by atoms with Gasteiger partial charge >= 0.3 is 6.18 Å². The molecule has 0 heterocycles. The minimum atomic E-state index is -4.41. The molecule has 0 aliphatic carbocycles. The molecule has 5 heteroatoms. The highest BCUT2D eigenvalue weighted by atomic mass is 19.4. The number of benzene rings is 1. The SMILES string of the molecule is CCNC(C)(CO)c1ccccc1C(F)(F)F. The molecular weight excluding hydrogens is 231 g/mol. The van der Waals surface area contributed by atoms with Gasteiger partial charge in [-0.1, -0.05) is 25.1 Å². The fourth-order valence-corrected chi connectivity index (χ4v) is 1.84. The van der Waals surface area contributed by atoms with Crippen LogP contribution in [0.3, 0.4) is 0 Å². The van der Waals surface area contributed by atoms with E-state index in [4.69, 9.17) is 0 Å². The second-order valence-corrected chi connectivity index (χ2v) is 4.06. The molecule has 0 aliphatic rings. The van der Waals surface area contributed by atoms with Gasteiger partial charge in [0.15, 0.2) is 0 Å². The summed E-state index contributed by atoms with van der Waals surface area (Å²) >= 11 is 0. The van der Waals surface area contributed by atoms with E-state index >= 15 is 0 Å². The molecule has 1 aromatic rings. The van der Waals surface area contributed by atoms with Crippen molar-refractivity contribution < 1.29 is 18.3 Å².